The summed E-state index contributed by atoms with van der Waals surface area (Å²) < 4.78 is 2.16. The molecule has 0 aliphatic carbocycles. The number of rotatable bonds is 8. The molecule has 0 bridgehead atoms. The maximum atomic E-state index is 13.2. The van der Waals surface area contributed by atoms with Crippen molar-refractivity contribution >= 4 is 37.6 Å². The van der Waals surface area contributed by atoms with Crippen molar-refractivity contribution < 1.29 is 4.79 Å². The number of carbonyl (C=O) groups is 1. The molecule has 0 atom stereocenters. The molecule has 0 aromatic heterocycles. The molecular weight excluding hydrogens is 644 g/mol. The van der Waals surface area contributed by atoms with E-state index in [4.69, 9.17) is 0 Å². The molecule has 42 heavy (non-hydrogen) atoms. The summed E-state index contributed by atoms with van der Waals surface area (Å²) in [5, 5.41) is 0. The molecule has 204 valence electrons. The third-order valence-corrected chi connectivity index (χ3v) is 8.57. The van der Waals surface area contributed by atoms with Crippen LogP contribution in [0.3, 0.4) is 0 Å². The van der Waals surface area contributed by atoms with E-state index in [1.807, 2.05) is 24.3 Å². The van der Waals surface area contributed by atoms with E-state index < -0.39 is 0 Å². The van der Waals surface area contributed by atoms with Crippen molar-refractivity contribution in [2.45, 2.75) is 12.8 Å². The van der Waals surface area contributed by atoms with Gasteiger partial charge in [0.25, 0.3) is 0 Å². The lowest BCUT2D eigenvalue weighted by atomic mass is 9.96. The molecule has 0 heterocycles. The van der Waals surface area contributed by atoms with Crippen LogP contribution >= 0.6 is 31.9 Å². The second-order valence-corrected chi connectivity index (χ2v) is 12.3. The van der Waals surface area contributed by atoms with Crippen molar-refractivity contribution in [3.8, 4) is 22.3 Å². The fourth-order valence-electron chi connectivity index (χ4n) is 5.10. The number of hydrogen-bond acceptors (Lipinski definition) is 1. The minimum absolute atomic E-state index is 0.0470. The van der Waals surface area contributed by atoms with Crippen LogP contribution in [-0.2, 0) is 12.8 Å². The predicted octanol–water partition coefficient (Wildman–Crippen LogP) is 11.0. The Morgan fingerprint density at radius 2 is 0.595 bits per heavy atom. The van der Waals surface area contributed by atoms with Crippen molar-refractivity contribution in [3.63, 3.8) is 0 Å². The molecular formula is C39H28Br2O. The van der Waals surface area contributed by atoms with Gasteiger partial charge in [-0.1, -0.05) is 153 Å². The largest absolute Gasteiger partial charge is 0.289 e. The van der Waals surface area contributed by atoms with E-state index in [2.05, 4.69) is 153 Å². The summed E-state index contributed by atoms with van der Waals surface area (Å²) in [5.74, 6) is 0.0470. The summed E-state index contributed by atoms with van der Waals surface area (Å²) in [6, 6.07) is 50.1. The molecule has 0 aliphatic rings. The molecule has 0 unspecified atom stereocenters. The van der Waals surface area contributed by atoms with Crippen LogP contribution in [0.25, 0.3) is 22.3 Å². The van der Waals surface area contributed by atoms with Gasteiger partial charge in [0.1, 0.15) is 0 Å². The first-order valence-corrected chi connectivity index (χ1v) is 15.5. The molecule has 0 radical (unpaired) electrons. The van der Waals surface area contributed by atoms with Crippen molar-refractivity contribution in [2.24, 2.45) is 0 Å². The Bertz CT molecular complexity index is 1650. The number of benzene rings is 6. The van der Waals surface area contributed by atoms with Gasteiger partial charge < -0.3 is 0 Å². The molecule has 1 nitrogen and oxygen atoms in total. The quantitative estimate of drug-likeness (QED) is 0.147. The summed E-state index contributed by atoms with van der Waals surface area (Å²) in [7, 11) is 0. The van der Waals surface area contributed by atoms with Crippen LogP contribution in [0.2, 0.25) is 0 Å². The molecule has 3 heteroatoms. The lowest BCUT2D eigenvalue weighted by Gasteiger charge is -2.08. The summed E-state index contributed by atoms with van der Waals surface area (Å²) in [6.07, 6.45) is 1.65. The van der Waals surface area contributed by atoms with Gasteiger partial charge in [-0.25, -0.2) is 0 Å². The smallest absolute Gasteiger partial charge is 0.193 e. The molecule has 0 amide bonds. The Hall–Kier alpha value is -4.05. The van der Waals surface area contributed by atoms with Crippen LogP contribution in [-0.4, -0.2) is 5.78 Å². The Morgan fingerprint density at radius 1 is 0.357 bits per heavy atom. The Balaban J connectivity index is 1.06. The van der Waals surface area contributed by atoms with Crippen LogP contribution in [0.1, 0.15) is 38.2 Å². The Kier molecular flexibility index (Phi) is 8.60. The second-order valence-electron chi connectivity index (χ2n) is 10.5. The predicted molar refractivity (Wildman–Crippen MR) is 181 cm³/mol. The van der Waals surface area contributed by atoms with Crippen LogP contribution in [0.15, 0.2) is 155 Å². The molecule has 0 N–H and O–H groups in total. The second kappa shape index (κ2) is 12.9. The Labute approximate surface area is 264 Å². The van der Waals surface area contributed by atoms with E-state index in [0.717, 1.165) is 21.8 Å². The van der Waals surface area contributed by atoms with E-state index in [1.54, 1.807) is 0 Å². The molecule has 0 saturated heterocycles. The molecule has 0 saturated carbocycles. The van der Waals surface area contributed by atoms with Crippen LogP contribution in [0, 0.1) is 0 Å². The van der Waals surface area contributed by atoms with E-state index in [9.17, 15) is 4.79 Å². The first kappa shape index (κ1) is 28.1. The minimum Gasteiger partial charge on any atom is -0.289 e. The summed E-state index contributed by atoms with van der Waals surface area (Å²) in [6.45, 7) is 0. The monoisotopic (exact) mass is 670 g/mol. The van der Waals surface area contributed by atoms with Gasteiger partial charge in [0.2, 0.25) is 0 Å². The topological polar surface area (TPSA) is 17.1 Å². The number of carbonyl (C=O) groups excluding carboxylic acids is 1. The summed E-state index contributed by atoms with van der Waals surface area (Å²) in [4.78, 5) is 13.2. The average molecular weight is 672 g/mol. The molecule has 0 fully saturated rings. The average Bonchev–Trinajstić information content (AvgIpc) is 3.03. The molecule has 6 rings (SSSR count). The highest BCUT2D eigenvalue weighted by Gasteiger charge is 2.10. The number of halogens is 2. The highest BCUT2D eigenvalue weighted by molar-refractivity contribution is 9.10. The van der Waals surface area contributed by atoms with Crippen molar-refractivity contribution in [2.75, 3.05) is 0 Å². The van der Waals surface area contributed by atoms with E-state index in [0.29, 0.717) is 11.1 Å². The molecule has 6 aromatic carbocycles. The first-order chi connectivity index (χ1) is 20.5. The number of ketones is 1. The molecule has 6 aromatic rings. The molecule has 0 aliphatic heterocycles. The third-order valence-electron chi connectivity index (χ3n) is 7.51. The zero-order valence-electron chi connectivity index (χ0n) is 22.9. The lowest BCUT2D eigenvalue weighted by molar-refractivity contribution is 0.103. The fraction of sp³-hybridized carbons (Fsp3) is 0.0513. The van der Waals surface area contributed by atoms with E-state index >= 15 is 0 Å². The third kappa shape index (κ3) is 6.87. The fourth-order valence-corrected chi connectivity index (χ4v) is 5.63. The molecule has 0 spiro atoms. The lowest BCUT2D eigenvalue weighted by Crippen LogP contribution is -2.02. The van der Waals surface area contributed by atoms with E-state index in [1.165, 1.54) is 44.5 Å². The highest BCUT2D eigenvalue weighted by atomic mass is 79.9. The van der Waals surface area contributed by atoms with E-state index in [-0.39, 0.29) is 5.78 Å². The van der Waals surface area contributed by atoms with Crippen LogP contribution in [0.5, 0.6) is 0 Å². The van der Waals surface area contributed by atoms with Crippen LogP contribution < -0.4 is 0 Å². The van der Waals surface area contributed by atoms with Gasteiger partial charge in [0.15, 0.2) is 5.78 Å². The maximum absolute atomic E-state index is 13.2. The van der Waals surface area contributed by atoms with Gasteiger partial charge in [-0.3, -0.25) is 4.79 Å². The van der Waals surface area contributed by atoms with Gasteiger partial charge in [-0.2, -0.15) is 0 Å². The summed E-state index contributed by atoms with van der Waals surface area (Å²) in [5.41, 5.74) is 11.1. The summed E-state index contributed by atoms with van der Waals surface area (Å²) >= 11 is 6.99. The van der Waals surface area contributed by atoms with Crippen molar-refractivity contribution in [3.05, 3.63) is 188 Å². The highest BCUT2D eigenvalue weighted by Crippen LogP contribution is 2.25. The van der Waals surface area contributed by atoms with Gasteiger partial charge in [-0.15, -0.1) is 0 Å². The van der Waals surface area contributed by atoms with Crippen molar-refractivity contribution in [1.82, 2.24) is 0 Å². The van der Waals surface area contributed by atoms with Gasteiger partial charge >= 0.3 is 0 Å². The van der Waals surface area contributed by atoms with Gasteiger partial charge in [0, 0.05) is 20.1 Å². The standard InChI is InChI=1S/C39H28Br2O/c40-37-21-17-33(18-22-37)31-9-1-27(2-10-31)25-29-5-13-35(14-6-29)39(42)36-15-7-30(8-16-36)26-28-3-11-32(12-4-28)34-19-23-38(41)24-20-34/h1-24H,25-26H2. The van der Waals surface area contributed by atoms with Gasteiger partial charge in [-0.05, 0) is 81.6 Å². The normalized spacial score (nSPS) is 10.9. The zero-order chi connectivity index (χ0) is 28.9. The maximum Gasteiger partial charge on any atom is 0.193 e. The van der Waals surface area contributed by atoms with Crippen LogP contribution in [0.4, 0.5) is 0 Å². The SMILES string of the molecule is O=C(c1ccc(Cc2ccc(-c3ccc(Br)cc3)cc2)cc1)c1ccc(Cc2ccc(-c3ccc(Br)cc3)cc2)cc1. The zero-order valence-corrected chi connectivity index (χ0v) is 26.1. The first-order valence-electron chi connectivity index (χ1n) is 13.9. The van der Waals surface area contributed by atoms with Gasteiger partial charge in [0.05, 0.1) is 0 Å². The minimum atomic E-state index is 0.0470. The van der Waals surface area contributed by atoms with Crippen molar-refractivity contribution in [1.29, 1.82) is 0 Å². The number of hydrogen-bond donors (Lipinski definition) is 0. The Morgan fingerprint density at radius 3 is 0.881 bits per heavy atom.